The molecule has 0 saturated heterocycles. The first-order chi connectivity index (χ1) is 13.2. The number of fused-ring (bicyclic) bond motifs is 2. The van der Waals surface area contributed by atoms with Gasteiger partial charge in [0.2, 0.25) is 0 Å². The highest BCUT2D eigenvalue weighted by Crippen LogP contribution is 2.58. The molecule has 1 aliphatic heterocycles. The van der Waals surface area contributed by atoms with E-state index in [1.807, 2.05) is 43.2 Å². The third kappa shape index (κ3) is 4.45. The van der Waals surface area contributed by atoms with Gasteiger partial charge in [-0.3, -0.25) is 0 Å². The van der Waals surface area contributed by atoms with Gasteiger partial charge in [0.1, 0.15) is 0 Å². The Morgan fingerprint density at radius 2 is 0.571 bits per heavy atom. The van der Waals surface area contributed by atoms with E-state index < -0.39 is 0 Å². The van der Waals surface area contributed by atoms with Crippen molar-refractivity contribution in [2.24, 2.45) is 0 Å². The van der Waals surface area contributed by atoms with Crippen LogP contribution >= 0.6 is 43.2 Å². The van der Waals surface area contributed by atoms with Gasteiger partial charge in [-0.1, -0.05) is 123 Å². The molecule has 1 aliphatic rings. The monoisotopic (exact) mass is 448 g/mol. The van der Waals surface area contributed by atoms with Gasteiger partial charge >= 0.3 is 0 Å². The van der Waals surface area contributed by atoms with Crippen LogP contribution in [-0.2, 0) is 0 Å². The van der Waals surface area contributed by atoms with Crippen LogP contribution in [0, 0.1) is 0 Å². The van der Waals surface area contributed by atoms with Gasteiger partial charge in [0.15, 0.2) is 0 Å². The van der Waals surface area contributed by atoms with Crippen molar-refractivity contribution in [3.8, 4) is 0 Å². The molecule has 0 amide bonds. The summed E-state index contributed by atoms with van der Waals surface area (Å²) in [6, 6.07) is 9.48. The number of hydrogen-bond acceptors (Lipinski definition) is 4. The summed E-state index contributed by atoms with van der Waals surface area (Å²) in [5.74, 6) is 2.16. The largest absolute Gasteiger partial charge is 0.0586 e. The molecule has 2 aromatic carbocycles. The molecule has 3 rings (SSSR count). The van der Waals surface area contributed by atoms with Crippen LogP contribution in [0.4, 0.5) is 0 Å². The van der Waals surface area contributed by atoms with Crippen molar-refractivity contribution in [2.75, 3.05) is 0 Å². The van der Waals surface area contributed by atoms with Crippen LogP contribution in [0.1, 0.15) is 101 Å². The van der Waals surface area contributed by atoms with E-state index in [0.717, 1.165) is 0 Å². The first-order valence-electron chi connectivity index (χ1n) is 10.2. The second-order valence-corrected chi connectivity index (χ2v) is 13.1. The molecule has 0 fully saturated rings. The third-order valence-corrected chi connectivity index (χ3v) is 10.6. The van der Waals surface area contributed by atoms with Crippen LogP contribution in [-0.4, -0.2) is 0 Å². The van der Waals surface area contributed by atoms with E-state index in [-0.39, 0.29) is 0 Å². The van der Waals surface area contributed by atoms with Crippen LogP contribution in [0.2, 0.25) is 0 Å². The molecule has 28 heavy (non-hydrogen) atoms. The molecule has 152 valence electrons. The minimum atomic E-state index is 0.541. The molecule has 2 aromatic rings. The van der Waals surface area contributed by atoms with E-state index in [2.05, 4.69) is 79.7 Å². The molecule has 0 saturated carbocycles. The van der Waals surface area contributed by atoms with E-state index in [4.69, 9.17) is 0 Å². The Morgan fingerprint density at radius 3 is 0.714 bits per heavy atom. The van der Waals surface area contributed by atoms with Crippen LogP contribution in [0.15, 0.2) is 43.8 Å². The first kappa shape index (κ1) is 22.5. The summed E-state index contributed by atoms with van der Waals surface area (Å²) in [6.45, 7) is 18.5. The van der Waals surface area contributed by atoms with Gasteiger partial charge in [-0.15, -0.1) is 0 Å². The Bertz CT molecular complexity index is 709. The molecular weight excluding hydrogens is 417 g/mol. The lowest BCUT2D eigenvalue weighted by atomic mass is 9.97. The molecule has 0 unspecified atom stereocenters. The van der Waals surface area contributed by atoms with Crippen molar-refractivity contribution in [3.63, 3.8) is 0 Å². The van der Waals surface area contributed by atoms with Gasteiger partial charge in [-0.25, -0.2) is 0 Å². The maximum absolute atomic E-state index is 2.37. The van der Waals surface area contributed by atoms with Crippen molar-refractivity contribution in [3.05, 3.63) is 46.5 Å². The number of hydrogen-bond donors (Lipinski definition) is 0. The smallest absolute Gasteiger partial charge is 0.0368 e. The standard InChI is InChI=1S/C24H32S4/c1-13(2)17-9-10-18(14(3)4)22-21(17)25-27-23-19(15(5)6)11-12-20(16(7)8)24(23)28-26-22/h9-16H,1-8H3. The lowest BCUT2D eigenvalue weighted by Crippen LogP contribution is -2.02. The molecule has 0 spiro atoms. The molecule has 0 atom stereocenters. The second kappa shape index (κ2) is 9.32. The van der Waals surface area contributed by atoms with E-state index in [9.17, 15) is 0 Å². The van der Waals surface area contributed by atoms with Gasteiger partial charge in [-0.05, 0) is 45.9 Å². The second-order valence-electron chi connectivity index (χ2n) is 8.76. The minimum Gasteiger partial charge on any atom is -0.0586 e. The molecule has 0 nitrogen and oxygen atoms in total. The number of rotatable bonds is 4. The number of benzene rings is 2. The van der Waals surface area contributed by atoms with Crippen molar-refractivity contribution < 1.29 is 0 Å². The summed E-state index contributed by atoms with van der Waals surface area (Å²) in [5.41, 5.74) is 5.94. The molecule has 0 aromatic heterocycles. The molecule has 1 heterocycles. The van der Waals surface area contributed by atoms with E-state index in [1.54, 1.807) is 0 Å². The molecule has 4 heteroatoms. The minimum absolute atomic E-state index is 0.541. The van der Waals surface area contributed by atoms with E-state index in [1.165, 1.54) is 41.8 Å². The van der Waals surface area contributed by atoms with Crippen LogP contribution in [0.25, 0.3) is 0 Å². The zero-order chi connectivity index (χ0) is 20.6. The molecule has 0 bridgehead atoms. The Balaban J connectivity index is 2.17. The van der Waals surface area contributed by atoms with E-state index in [0.29, 0.717) is 23.7 Å². The first-order valence-corrected chi connectivity index (χ1v) is 14.5. The van der Waals surface area contributed by atoms with Crippen LogP contribution in [0.5, 0.6) is 0 Å². The molecular formula is C24H32S4. The summed E-state index contributed by atoms with van der Waals surface area (Å²) in [7, 11) is 7.95. The predicted octanol–water partition coefficient (Wildman–Crippen LogP) is 10.1. The van der Waals surface area contributed by atoms with Crippen LogP contribution in [0.3, 0.4) is 0 Å². The summed E-state index contributed by atoms with van der Waals surface area (Å²) >= 11 is 0. The Hall–Kier alpha value is -0.160. The lowest BCUT2D eigenvalue weighted by Gasteiger charge is -2.26. The van der Waals surface area contributed by atoms with Crippen LogP contribution < -0.4 is 0 Å². The van der Waals surface area contributed by atoms with Gasteiger partial charge in [-0.2, -0.15) is 0 Å². The van der Waals surface area contributed by atoms with E-state index >= 15 is 0 Å². The van der Waals surface area contributed by atoms with Crippen molar-refractivity contribution in [1.82, 2.24) is 0 Å². The summed E-state index contributed by atoms with van der Waals surface area (Å²) < 4.78 is 0. The SMILES string of the molecule is CC(C)c1ccc(C(C)C)c2c1SSc1c(C(C)C)ccc(C(C)C)c1SS2. The van der Waals surface area contributed by atoms with Crippen molar-refractivity contribution in [2.45, 2.75) is 98.6 Å². The topological polar surface area (TPSA) is 0 Å². The fraction of sp³-hybridized carbons (Fsp3) is 0.500. The highest BCUT2D eigenvalue weighted by molar-refractivity contribution is 8.79. The Labute approximate surface area is 187 Å². The zero-order valence-corrected chi connectivity index (χ0v) is 21.5. The fourth-order valence-corrected chi connectivity index (χ4v) is 10.5. The molecule has 0 aliphatic carbocycles. The highest BCUT2D eigenvalue weighted by atomic mass is 33.1. The maximum Gasteiger partial charge on any atom is 0.0368 e. The van der Waals surface area contributed by atoms with Crippen molar-refractivity contribution in [1.29, 1.82) is 0 Å². The molecule has 0 N–H and O–H groups in total. The normalized spacial score (nSPS) is 14.4. The average molecular weight is 449 g/mol. The quantitative estimate of drug-likeness (QED) is 0.426. The Kier molecular flexibility index (Phi) is 7.50. The highest BCUT2D eigenvalue weighted by Gasteiger charge is 2.26. The maximum atomic E-state index is 2.37. The summed E-state index contributed by atoms with van der Waals surface area (Å²) in [5, 5.41) is 0. The van der Waals surface area contributed by atoms with Gasteiger partial charge < -0.3 is 0 Å². The Morgan fingerprint density at radius 1 is 0.393 bits per heavy atom. The zero-order valence-electron chi connectivity index (χ0n) is 18.3. The third-order valence-electron chi connectivity index (χ3n) is 5.25. The molecule has 0 radical (unpaired) electrons. The lowest BCUT2D eigenvalue weighted by molar-refractivity contribution is 0.789. The average Bonchev–Trinajstić information content (AvgIpc) is 2.60. The van der Waals surface area contributed by atoms with Crippen molar-refractivity contribution >= 4 is 43.2 Å². The van der Waals surface area contributed by atoms with Gasteiger partial charge in [0.05, 0.1) is 0 Å². The fourth-order valence-electron chi connectivity index (χ4n) is 3.52. The summed E-state index contributed by atoms with van der Waals surface area (Å²) in [4.78, 5) is 5.94. The van der Waals surface area contributed by atoms with Gasteiger partial charge in [0, 0.05) is 19.6 Å². The summed E-state index contributed by atoms with van der Waals surface area (Å²) in [6.07, 6.45) is 0. The van der Waals surface area contributed by atoms with Gasteiger partial charge in [0.25, 0.3) is 0 Å². The predicted molar refractivity (Wildman–Crippen MR) is 133 cm³/mol.